The topological polar surface area (TPSA) is 62.3 Å². The number of hydrogen-bond acceptors (Lipinski definition) is 4. The maximum absolute atomic E-state index is 8.66. The molecule has 1 aromatic rings. The Balaban J connectivity index is 2.95. The lowest BCUT2D eigenvalue weighted by Gasteiger charge is -2.25. The van der Waals surface area contributed by atoms with Gasteiger partial charge in [-0.3, -0.25) is 0 Å². The second kappa shape index (κ2) is 5.26. The van der Waals surface area contributed by atoms with Gasteiger partial charge in [0.1, 0.15) is 5.75 Å². The van der Waals surface area contributed by atoms with Crippen LogP contribution in [0.1, 0.15) is 13.3 Å². The molecule has 1 unspecified atom stereocenters. The van der Waals surface area contributed by atoms with Crippen LogP contribution in [0.4, 0.5) is 11.4 Å². The van der Waals surface area contributed by atoms with Gasteiger partial charge in [-0.25, -0.2) is 0 Å². The van der Waals surface area contributed by atoms with E-state index in [4.69, 9.17) is 15.7 Å². The first-order valence-corrected chi connectivity index (χ1v) is 5.12. The van der Waals surface area contributed by atoms with Crippen molar-refractivity contribution < 1.29 is 4.74 Å². The van der Waals surface area contributed by atoms with Crippen LogP contribution in [-0.2, 0) is 0 Å². The van der Waals surface area contributed by atoms with E-state index < -0.39 is 0 Å². The number of nitrogens with zero attached hydrogens (tertiary/aromatic N) is 2. The fourth-order valence-corrected chi connectivity index (χ4v) is 1.45. The van der Waals surface area contributed by atoms with E-state index in [0.29, 0.717) is 12.1 Å². The number of anilines is 2. The zero-order valence-corrected chi connectivity index (χ0v) is 9.90. The molecule has 0 spiro atoms. The van der Waals surface area contributed by atoms with E-state index in [1.165, 1.54) is 0 Å². The standard InChI is InChI=1S/C12H17N3O/c1-9(4-5-13)15(2)11-6-10(14)7-12(8-11)16-3/h6-9H,4,14H2,1-3H3. The van der Waals surface area contributed by atoms with Crippen molar-refractivity contribution in [1.29, 1.82) is 5.26 Å². The van der Waals surface area contributed by atoms with Gasteiger partial charge in [0.15, 0.2) is 0 Å². The Kier molecular flexibility index (Phi) is 4.01. The number of nitriles is 1. The monoisotopic (exact) mass is 219 g/mol. The molecule has 0 aliphatic carbocycles. The summed E-state index contributed by atoms with van der Waals surface area (Å²) in [5.41, 5.74) is 7.39. The Labute approximate surface area is 96.2 Å². The SMILES string of the molecule is COc1cc(N)cc(N(C)C(C)CC#N)c1. The molecule has 0 heterocycles. The number of nitrogen functional groups attached to an aromatic ring is 1. The highest BCUT2D eigenvalue weighted by molar-refractivity contribution is 5.60. The number of hydrogen-bond donors (Lipinski definition) is 1. The van der Waals surface area contributed by atoms with Crippen molar-refractivity contribution in [3.63, 3.8) is 0 Å². The van der Waals surface area contributed by atoms with Gasteiger partial charge in [-0.05, 0) is 13.0 Å². The molecule has 0 aliphatic rings. The highest BCUT2D eigenvalue weighted by Gasteiger charge is 2.11. The molecule has 0 saturated carbocycles. The minimum atomic E-state index is 0.150. The van der Waals surface area contributed by atoms with E-state index in [9.17, 15) is 0 Å². The van der Waals surface area contributed by atoms with Crippen molar-refractivity contribution >= 4 is 11.4 Å². The van der Waals surface area contributed by atoms with Crippen molar-refractivity contribution in [3.8, 4) is 11.8 Å². The quantitative estimate of drug-likeness (QED) is 0.787. The average molecular weight is 219 g/mol. The van der Waals surface area contributed by atoms with Gasteiger partial charge in [0.05, 0.1) is 19.6 Å². The molecule has 1 aromatic carbocycles. The first-order valence-electron chi connectivity index (χ1n) is 5.12. The van der Waals surface area contributed by atoms with E-state index in [2.05, 4.69) is 6.07 Å². The minimum absolute atomic E-state index is 0.150. The number of rotatable bonds is 4. The summed E-state index contributed by atoms with van der Waals surface area (Å²) in [6.45, 7) is 2.00. The van der Waals surface area contributed by atoms with Gasteiger partial charge in [-0.1, -0.05) is 0 Å². The second-order valence-corrected chi connectivity index (χ2v) is 3.79. The van der Waals surface area contributed by atoms with Crippen LogP contribution in [0.2, 0.25) is 0 Å². The third kappa shape index (κ3) is 2.80. The van der Waals surface area contributed by atoms with Crippen molar-refractivity contribution in [1.82, 2.24) is 0 Å². The molecular weight excluding hydrogens is 202 g/mol. The van der Waals surface area contributed by atoms with Crippen LogP contribution in [0.25, 0.3) is 0 Å². The van der Waals surface area contributed by atoms with Gasteiger partial charge in [-0.15, -0.1) is 0 Å². The van der Waals surface area contributed by atoms with Gasteiger partial charge in [-0.2, -0.15) is 5.26 Å². The molecule has 16 heavy (non-hydrogen) atoms. The largest absolute Gasteiger partial charge is 0.497 e. The molecule has 86 valence electrons. The second-order valence-electron chi connectivity index (χ2n) is 3.79. The molecule has 0 bridgehead atoms. The highest BCUT2D eigenvalue weighted by atomic mass is 16.5. The summed E-state index contributed by atoms with van der Waals surface area (Å²) in [4.78, 5) is 2.02. The summed E-state index contributed by atoms with van der Waals surface area (Å²) in [7, 11) is 3.55. The van der Waals surface area contributed by atoms with E-state index >= 15 is 0 Å². The van der Waals surface area contributed by atoms with Crippen molar-refractivity contribution in [3.05, 3.63) is 18.2 Å². The zero-order valence-electron chi connectivity index (χ0n) is 9.90. The minimum Gasteiger partial charge on any atom is -0.497 e. The molecule has 0 aliphatic heterocycles. The number of nitrogens with two attached hydrogens (primary N) is 1. The molecule has 0 amide bonds. The summed E-state index contributed by atoms with van der Waals surface area (Å²) in [6.07, 6.45) is 0.480. The molecule has 4 nitrogen and oxygen atoms in total. The Bertz CT molecular complexity index is 398. The normalized spacial score (nSPS) is 11.6. The fraction of sp³-hybridized carbons (Fsp3) is 0.417. The number of ether oxygens (including phenoxy) is 1. The van der Waals surface area contributed by atoms with Crippen LogP contribution in [0, 0.1) is 11.3 Å². The Hall–Kier alpha value is -1.89. The van der Waals surface area contributed by atoms with Crippen molar-refractivity contribution in [2.75, 3.05) is 24.8 Å². The lowest BCUT2D eigenvalue weighted by atomic mass is 10.2. The van der Waals surface area contributed by atoms with Crippen LogP contribution in [0.15, 0.2) is 18.2 Å². The van der Waals surface area contributed by atoms with Crippen LogP contribution in [-0.4, -0.2) is 20.2 Å². The Morgan fingerprint density at radius 1 is 1.50 bits per heavy atom. The first kappa shape index (κ1) is 12.2. The smallest absolute Gasteiger partial charge is 0.122 e. The van der Waals surface area contributed by atoms with Gasteiger partial charge < -0.3 is 15.4 Å². The molecular formula is C12H17N3O. The lowest BCUT2D eigenvalue weighted by molar-refractivity contribution is 0.415. The molecule has 1 rings (SSSR count). The van der Waals surface area contributed by atoms with E-state index in [1.54, 1.807) is 13.2 Å². The molecule has 0 aromatic heterocycles. The van der Waals surface area contributed by atoms with Crippen LogP contribution >= 0.6 is 0 Å². The zero-order chi connectivity index (χ0) is 12.1. The summed E-state index contributed by atoms with van der Waals surface area (Å²) in [5.74, 6) is 0.728. The third-order valence-electron chi connectivity index (χ3n) is 2.60. The van der Waals surface area contributed by atoms with Crippen LogP contribution in [0.3, 0.4) is 0 Å². The van der Waals surface area contributed by atoms with Gasteiger partial charge in [0, 0.05) is 36.6 Å². The van der Waals surface area contributed by atoms with Gasteiger partial charge >= 0.3 is 0 Å². The molecule has 4 heteroatoms. The van der Waals surface area contributed by atoms with E-state index in [0.717, 1.165) is 11.4 Å². The summed E-state index contributed by atoms with van der Waals surface area (Å²) in [5, 5.41) is 8.66. The average Bonchev–Trinajstić information content (AvgIpc) is 2.27. The fourth-order valence-electron chi connectivity index (χ4n) is 1.45. The third-order valence-corrected chi connectivity index (χ3v) is 2.60. The van der Waals surface area contributed by atoms with Gasteiger partial charge in [0.2, 0.25) is 0 Å². The molecule has 0 saturated heterocycles. The van der Waals surface area contributed by atoms with Gasteiger partial charge in [0.25, 0.3) is 0 Å². The van der Waals surface area contributed by atoms with E-state index in [1.807, 2.05) is 31.0 Å². The molecule has 0 radical (unpaired) electrons. The number of methoxy groups -OCH3 is 1. The number of benzene rings is 1. The van der Waals surface area contributed by atoms with Crippen LogP contribution in [0.5, 0.6) is 5.75 Å². The highest BCUT2D eigenvalue weighted by Crippen LogP contribution is 2.26. The lowest BCUT2D eigenvalue weighted by Crippen LogP contribution is -2.28. The summed E-state index contributed by atoms with van der Waals surface area (Å²) >= 11 is 0. The molecule has 0 fully saturated rings. The van der Waals surface area contributed by atoms with Crippen LogP contribution < -0.4 is 15.4 Å². The maximum Gasteiger partial charge on any atom is 0.122 e. The van der Waals surface area contributed by atoms with Crippen molar-refractivity contribution in [2.24, 2.45) is 0 Å². The van der Waals surface area contributed by atoms with E-state index in [-0.39, 0.29) is 6.04 Å². The Morgan fingerprint density at radius 3 is 2.75 bits per heavy atom. The summed E-state index contributed by atoms with van der Waals surface area (Å²) in [6, 6.07) is 7.86. The summed E-state index contributed by atoms with van der Waals surface area (Å²) < 4.78 is 5.15. The van der Waals surface area contributed by atoms with Crippen molar-refractivity contribution in [2.45, 2.75) is 19.4 Å². The predicted molar refractivity (Wildman–Crippen MR) is 65.5 cm³/mol. The Morgan fingerprint density at radius 2 is 2.19 bits per heavy atom. The first-order chi connectivity index (χ1) is 7.58. The predicted octanol–water partition coefficient (Wildman–Crippen LogP) is 2.02. The molecule has 1 atom stereocenters. The molecule has 2 N–H and O–H groups in total. The maximum atomic E-state index is 8.66.